The van der Waals surface area contributed by atoms with Crippen LogP contribution in [0.1, 0.15) is 33.1 Å². The second-order valence-electron chi connectivity index (χ2n) is 6.42. The van der Waals surface area contributed by atoms with Gasteiger partial charge in [-0.3, -0.25) is 9.59 Å². The highest BCUT2D eigenvalue weighted by Crippen LogP contribution is 2.22. The largest absolute Gasteiger partial charge is 0.342 e. The Kier molecular flexibility index (Phi) is 6.54. The van der Waals surface area contributed by atoms with Crippen LogP contribution < -0.4 is 10.6 Å². The predicted molar refractivity (Wildman–Crippen MR) is 97.4 cm³/mol. The van der Waals surface area contributed by atoms with E-state index in [1.807, 2.05) is 6.92 Å². The van der Waals surface area contributed by atoms with E-state index < -0.39 is 23.8 Å². The Bertz CT molecular complexity index is 695. The lowest BCUT2D eigenvalue weighted by molar-refractivity contribution is -0.138. The molecule has 1 saturated heterocycles. The van der Waals surface area contributed by atoms with Crippen molar-refractivity contribution in [1.82, 2.24) is 9.80 Å². The number of benzene rings is 1. The monoisotopic (exact) mass is 364 g/mol. The zero-order valence-corrected chi connectivity index (χ0v) is 15.3. The number of unbranched alkanes of at least 4 members (excludes halogenated alkanes) is 1. The van der Waals surface area contributed by atoms with Crippen LogP contribution in [0.3, 0.4) is 0 Å². The summed E-state index contributed by atoms with van der Waals surface area (Å²) in [6.45, 7) is 4.21. The Hall–Kier alpha value is -2.64. The molecule has 0 aromatic heterocycles. The van der Waals surface area contributed by atoms with Gasteiger partial charge in [0.2, 0.25) is 11.8 Å². The summed E-state index contributed by atoms with van der Waals surface area (Å²) in [5, 5.41) is 5.07. The summed E-state index contributed by atoms with van der Waals surface area (Å²) < 4.78 is 13.7. The number of carbonyl (C=O) groups is 3. The number of halogens is 1. The number of rotatable bonds is 5. The summed E-state index contributed by atoms with van der Waals surface area (Å²) in [7, 11) is 1.73. The molecule has 1 fully saturated rings. The van der Waals surface area contributed by atoms with E-state index in [0.29, 0.717) is 25.2 Å². The van der Waals surface area contributed by atoms with E-state index in [4.69, 9.17) is 0 Å². The molecule has 142 valence electrons. The molecule has 0 spiro atoms. The number of urea groups is 1. The highest BCUT2D eigenvalue weighted by atomic mass is 19.1. The smallest absolute Gasteiger partial charge is 0.322 e. The Labute approximate surface area is 152 Å². The normalized spacial score (nSPS) is 17.2. The van der Waals surface area contributed by atoms with Crippen LogP contribution in [0.5, 0.6) is 0 Å². The van der Waals surface area contributed by atoms with E-state index in [0.717, 1.165) is 12.8 Å². The summed E-state index contributed by atoms with van der Waals surface area (Å²) in [6, 6.07) is 3.03. The fourth-order valence-corrected chi connectivity index (χ4v) is 2.92. The van der Waals surface area contributed by atoms with Crippen LogP contribution in [0, 0.1) is 5.82 Å². The molecule has 1 aliphatic rings. The predicted octanol–water partition coefficient (Wildman–Crippen LogP) is 2.65. The van der Waals surface area contributed by atoms with E-state index in [1.165, 1.54) is 30.0 Å². The number of nitrogens with one attached hydrogen (secondary N) is 2. The van der Waals surface area contributed by atoms with Crippen molar-refractivity contribution in [2.24, 2.45) is 0 Å². The van der Waals surface area contributed by atoms with Crippen LogP contribution in [0.15, 0.2) is 18.2 Å². The van der Waals surface area contributed by atoms with Crippen LogP contribution in [0.4, 0.5) is 20.6 Å². The van der Waals surface area contributed by atoms with Gasteiger partial charge in [-0.25, -0.2) is 9.18 Å². The number of amides is 4. The zero-order valence-electron chi connectivity index (χ0n) is 15.3. The van der Waals surface area contributed by atoms with Gasteiger partial charge in [0.15, 0.2) is 0 Å². The minimum absolute atomic E-state index is 0.00714. The summed E-state index contributed by atoms with van der Waals surface area (Å²) in [6.07, 6.45) is 2.38. The highest BCUT2D eigenvalue weighted by molar-refractivity contribution is 5.95. The molecule has 7 nitrogen and oxygen atoms in total. The van der Waals surface area contributed by atoms with Gasteiger partial charge in [-0.1, -0.05) is 19.8 Å². The van der Waals surface area contributed by atoms with Crippen molar-refractivity contribution >= 4 is 29.2 Å². The van der Waals surface area contributed by atoms with E-state index in [-0.39, 0.29) is 11.6 Å². The standard InChI is InChI=1S/C18H25FN4O3/c1-4-5-6-16-17(25)22(3)9-10-23(16)18(26)21-13-7-8-14(19)15(11-13)20-12(2)24/h7-8,11,16H,4-6,9-10H2,1-3H3,(H,20,24)(H,21,26)/t16-/m1/s1. The van der Waals surface area contributed by atoms with Gasteiger partial charge in [0.25, 0.3) is 0 Å². The number of hydrogen-bond acceptors (Lipinski definition) is 3. The molecule has 0 unspecified atom stereocenters. The number of anilines is 2. The quantitative estimate of drug-likeness (QED) is 0.843. The topological polar surface area (TPSA) is 81.8 Å². The first-order chi connectivity index (χ1) is 12.3. The molecule has 8 heteroatoms. The van der Waals surface area contributed by atoms with Crippen molar-refractivity contribution in [3.8, 4) is 0 Å². The molecule has 2 N–H and O–H groups in total. The van der Waals surface area contributed by atoms with Gasteiger partial charge in [-0.05, 0) is 24.6 Å². The van der Waals surface area contributed by atoms with Crippen LogP contribution in [-0.4, -0.2) is 53.8 Å². The number of piperazine rings is 1. The van der Waals surface area contributed by atoms with Crippen molar-refractivity contribution < 1.29 is 18.8 Å². The lowest BCUT2D eigenvalue weighted by Gasteiger charge is -2.39. The van der Waals surface area contributed by atoms with Crippen LogP contribution in [0.25, 0.3) is 0 Å². The SMILES string of the molecule is CCCC[C@@H]1C(=O)N(C)CCN1C(=O)Nc1ccc(F)c(NC(C)=O)c1. The molecule has 1 atom stereocenters. The molecule has 0 saturated carbocycles. The third-order valence-electron chi connectivity index (χ3n) is 4.33. The molecule has 0 bridgehead atoms. The van der Waals surface area contributed by atoms with E-state index in [2.05, 4.69) is 10.6 Å². The maximum absolute atomic E-state index is 13.7. The number of carbonyl (C=O) groups excluding carboxylic acids is 3. The van der Waals surface area contributed by atoms with E-state index in [9.17, 15) is 18.8 Å². The van der Waals surface area contributed by atoms with Gasteiger partial charge in [0.1, 0.15) is 11.9 Å². The van der Waals surface area contributed by atoms with Crippen molar-refractivity contribution in [3.05, 3.63) is 24.0 Å². The Balaban J connectivity index is 2.14. The second kappa shape index (κ2) is 8.64. The molecule has 0 aliphatic carbocycles. The Morgan fingerprint density at radius 1 is 1.27 bits per heavy atom. The van der Waals surface area contributed by atoms with Gasteiger partial charge in [0, 0.05) is 32.7 Å². The third kappa shape index (κ3) is 4.71. The summed E-state index contributed by atoms with van der Waals surface area (Å²) >= 11 is 0. The average molecular weight is 364 g/mol. The van der Waals surface area contributed by atoms with Gasteiger partial charge in [-0.15, -0.1) is 0 Å². The van der Waals surface area contributed by atoms with E-state index >= 15 is 0 Å². The number of likely N-dealkylation sites (N-methyl/N-ethyl adjacent to an activating group) is 1. The summed E-state index contributed by atoms with van der Waals surface area (Å²) in [5.41, 5.74) is 0.341. The van der Waals surface area contributed by atoms with Gasteiger partial charge >= 0.3 is 6.03 Å². The summed E-state index contributed by atoms with van der Waals surface area (Å²) in [4.78, 5) is 39.4. The minimum atomic E-state index is -0.589. The molecule has 1 aliphatic heterocycles. The molecule has 4 amide bonds. The first-order valence-corrected chi connectivity index (χ1v) is 8.73. The Morgan fingerprint density at radius 3 is 2.65 bits per heavy atom. The van der Waals surface area contributed by atoms with Gasteiger partial charge < -0.3 is 20.4 Å². The Morgan fingerprint density at radius 2 is 2.00 bits per heavy atom. The molecule has 2 rings (SSSR count). The first-order valence-electron chi connectivity index (χ1n) is 8.73. The fourth-order valence-electron chi connectivity index (χ4n) is 2.92. The molecule has 0 radical (unpaired) electrons. The lowest BCUT2D eigenvalue weighted by atomic mass is 10.0. The average Bonchev–Trinajstić information content (AvgIpc) is 2.58. The number of hydrogen-bond donors (Lipinski definition) is 2. The van der Waals surface area contributed by atoms with Gasteiger partial charge in [0.05, 0.1) is 5.69 Å². The second-order valence-corrected chi connectivity index (χ2v) is 6.42. The highest BCUT2D eigenvalue weighted by Gasteiger charge is 2.35. The molecule has 1 heterocycles. The summed E-state index contributed by atoms with van der Waals surface area (Å²) in [5.74, 6) is -1.07. The molecular formula is C18H25FN4O3. The molecule has 26 heavy (non-hydrogen) atoms. The first kappa shape index (κ1) is 19.7. The van der Waals surface area contributed by atoms with Crippen molar-refractivity contribution in [2.45, 2.75) is 39.2 Å². The van der Waals surface area contributed by atoms with Crippen LogP contribution >= 0.6 is 0 Å². The zero-order chi connectivity index (χ0) is 19.3. The van der Waals surface area contributed by atoms with Crippen LogP contribution in [0.2, 0.25) is 0 Å². The fraction of sp³-hybridized carbons (Fsp3) is 0.500. The minimum Gasteiger partial charge on any atom is -0.342 e. The maximum atomic E-state index is 13.7. The molecule has 1 aromatic carbocycles. The third-order valence-corrected chi connectivity index (χ3v) is 4.33. The number of nitrogens with zero attached hydrogens (tertiary/aromatic N) is 2. The maximum Gasteiger partial charge on any atom is 0.322 e. The van der Waals surface area contributed by atoms with Crippen LogP contribution in [-0.2, 0) is 9.59 Å². The van der Waals surface area contributed by atoms with Gasteiger partial charge in [-0.2, -0.15) is 0 Å². The molecular weight excluding hydrogens is 339 g/mol. The van der Waals surface area contributed by atoms with Crippen molar-refractivity contribution in [2.75, 3.05) is 30.8 Å². The van der Waals surface area contributed by atoms with E-state index in [1.54, 1.807) is 11.9 Å². The van der Waals surface area contributed by atoms with Crippen molar-refractivity contribution in [1.29, 1.82) is 0 Å². The van der Waals surface area contributed by atoms with Crippen molar-refractivity contribution in [3.63, 3.8) is 0 Å². The lowest BCUT2D eigenvalue weighted by Crippen LogP contribution is -2.58. The molecule has 1 aromatic rings.